The molecule has 0 fully saturated rings. The maximum Gasteiger partial charge on any atom is 0.172 e. The van der Waals surface area contributed by atoms with Crippen LogP contribution >= 0.6 is 22.9 Å². The van der Waals surface area contributed by atoms with Gasteiger partial charge in [-0.3, -0.25) is 0 Å². The summed E-state index contributed by atoms with van der Waals surface area (Å²) in [5.74, 6) is 0. The molecule has 0 saturated heterocycles. The molecule has 0 unspecified atom stereocenters. The van der Waals surface area contributed by atoms with Crippen molar-refractivity contribution in [2.24, 2.45) is 0 Å². The first-order chi connectivity index (χ1) is 5.68. The van der Waals surface area contributed by atoms with Crippen molar-refractivity contribution in [2.45, 2.75) is 6.92 Å². The van der Waals surface area contributed by atoms with Crippen LogP contribution < -0.4 is 0 Å². The summed E-state index contributed by atoms with van der Waals surface area (Å²) >= 11 is 7.30. The van der Waals surface area contributed by atoms with Crippen LogP contribution in [-0.4, -0.2) is 5.11 Å². The summed E-state index contributed by atoms with van der Waals surface area (Å²) < 4.78 is 1.07. The van der Waals surface area contributed by atoms with Crippen molar-refractivity contribution in [2.75, 3.05) is 0 Å². The van der Waals surface area contributed by atoms with Crippen molar-refractivity contribution < 1.29 is 5.11 Å². The monoisotopic (exact) mass is 198 g/mol. The summed E-state index contributed by atoms with van der Waals surface area (Å²) in [6, 6.07) is 5.52. The lowest BCUT2D eigenvalue weighted by Crippen LogP contribution is -1.71. The summed E-state index contributed by atoms with van der Waals surface area (Å²) in [5, 5.41) is 11.2. The SMILES string of the molecule is Cc1ccc(Cl)c2cc(O)sc12. The zero-order valence-corrected chi connectivity index (χ0v) is 8.04. The second-order valence-electron chi connectivity index (χ2n) is 2.69. The Morgan fingerprint density at radius 3 is 2.83 bits per heavy atom. The summed E-state index contributed by atoms with van der Waals surface area (Å²) in [5.41, 5.74) is 1.15. The lowest BCUT2D eigenvalue weighted by Gasteiger charge is -1.95. The smallest absolute Gasteiger partial charge is 0.172 e. The molecule has 0 atom stereocenters. The second kappa shape index (κ2) is 2.64. The molecule has 12 heavy (non-hydrogen) atoms. The number of aryl methyl sites for hydroxylation is 1. The number of rotatable bonds is 0. The molecule has 1 N–H and O–H groups in total. The summed E-state index contributed by atoms with van der Waals surface area (Å²) in [6.45, 7) is 2.01. The fourth-order valence-corrected chi connectivity index (χ4v) is 2.37. The Balaban J connectivity index is 2.93. The number of fused-ring (bicyclic) bond motifs is 1. The van der Waals surface area contributed by atoms with Crippen LogP contribution in [0.15, 0.2) is 18.2 Å². The summed E-state index contributed by atoms with van der Waals surface area (Å²) in [7, 11) is 0. The van der Waals surface area contributed by atoms with Crippen LogP contribution in [0.4, 0.5) is 0 Å². The van der Waals surface area contributed by atoms with Gasteiger partial charge in [0.05, 0.1) is 0 Å². The molecular formula is C9H7ClOS. The predicted octanol–water partition coefficient (Wildman–Crippen LogP) is 3.57. The van der Waals surface area contributed by atoms with Gasteiger partial charge in [-0.05, 0) is 18.6 Å². The number of hydrogen-bond acceptors (Lipinski definition) is 2. The molecule has 0 radical (unpaired) electrons. The highest BCUT2D eigenvalue weighted by Crippen LogP contribution is 2.36. The van der Waals surface area contributed by atoms with Gasteiger partial charge >= 0.3 is 0 Å². The van der Waals surface area contributed by atoms with Crippen molar-refractivity contribution in [3.8, 4) is 5.06 Å². The Kier molecular flexibility index (Phi) is 1.74. The van der Waals surface area contributed by atoms with E-state index in [0.29, 0.717) is 10.1 Å². The molecule has 0 saturated carbocycles. The van der Waals surface area contributed by atoms with Crippen LogP contribution in [0.5, 0.6) is 5.06 Å². The van der Waals surface area contributed by atoms with Gasteiger partial charge < -0.3 is 5.11 Å². The standard InChI is InChI=1S/C9H7ClOS/c1-5-2-3-7(10)6-4-8(11)12-9(5)6/h2-4,11H,1H3. The third-order valence-corrected chi connectivity index (χ3v) is 3.22. The number of thiophene rings is 1. The van der Waals surface area contributed by atoms with Crippen LogP contribution in [0.25, 0.3) is 10.1 Å². The largest absolute Gasteiger partial charge is 0.499 e. The highest BCUT2D eigenvalue weighted by atomic mass is 35.5. The highest BCUT2D eigenvalue weighted by Gasteiger charge is 2.05. The average Bonchev–Trinajstić information content (AvgIpc) is 2.41. The van der Waals surface area contributed by atoms with Gasteiger partial charge in [0, 0.05) is 21.2 Å². The van der Waals surface area contributed by atoms with Gasteiger partial charge in [0.1, 0.15) is 0 Å². The molecule has 1 nitrogen and oxygen atoms in total. The van der Waals surface area contributed by atoms with Crippen molar-refractivity contribution in [3.05, 3.63) is 28.8 Å². The van der Waals surface area contributed by atoms with E-state index in [1.807, 2.05) is 19.1 Å². The number of hydrogen-bond donors (Lipinski definition) is 1. The molecule has 0 spiro atoms. The van der Waals surface area contributed by atoms with Crippen LogP contribution in [0.2, 0.25) is 5.02 Å². The summed E-state index contributed by atoms with van der Waals surface area (Å²) in [6.07, 6.45) is 0. The van der Waals surface area contributed by atoms with E-state index in [1.165, 1.54) is 11.3 Å². The topological polar surface area (TPSA) is 20.2 Å². The molecule has 0 aliphatic rings. The maximum atomic E-state index is 9.26. The first-order valence-corrected chi connectivity index (χ1v) is 4.75. The number of aromatic hydroxyl groups is 1. The molecular weight excluding hydrogens is 192 g/mol. The highest BCUT2D eigenvalue weighted by molar-refractivity contribution is 7.21. The van der Waals surface area contributed by atoms with Crippen molar-refractivity contribution in [1.82, 2.24) is 0 Å². The van der Waals surface area contributed by atoms with E-state index in [-0.39, 0.29) is 0 Å². The zero-order chi connectivity index (χ0) is 8.72. The molecule has 3 heteroatoms. The number of benzene rings is 1. The molecule has 1 aromatic heterocycles. The third-order valence-electron chi connectivity index (χ3n) is 1.81. The van der Waals surface area contributed by atoms with E-state index in [4.69, 9.17) is 11.6 Å². The first kappa shape index (κ1) is 7.90. The van der Waals surface area contributed by atoms with Crippen molar-refractivity contribution in [1.29, 1.82) is 0 Å². The van der Waals surface area contributed by atoms with Crippen LogP contribution in [0, 0.1) is 6.92 Å². The Morgan fingerprint density at radius 2 is 2.17 bits per heavy atom. The van der Waals surface area contributed by atoms with Gasteiger partial charge in [-0.1, -0.05) is 29.0 Å². The van der Waals surface area contributed by atoms with Crippen molar-refractivity contribution in [3.63, 3.8) is 0 Å². The fourth-order valence-electron chi connectivity index (χ4n) is 1.21. The third kappa shape index (κ3) is 1.08. The first-order valence-electron chi connectivity index (χ1n) is 3.56. The van der Waals surface area contributed by atoms with Gasteiger partial charge in [-0.2, -0.15) is 0 Å². The lowest BCUT2D eigenvalue weighted by molar-refractivity contribution is 0.491. The molecule has 62 valence electrons. The van der Waals surface area contributed by atoms with Gasteiger partial charge in [0.25, 0.3) is 0 Å². The molecule has 2 rings (SSSR count). The second-order valence-corrected chi connectivity index (χ2v) is 4.13. The minimum Gasteiger partial charge on any atom is -0.499 e. The van der Waals surface area contributed by atoms with Gasteiger partial charge in [0.2, 0.25) is 0 Å². The minimum atomic E-state index is 0.321. The predicted molar refractivity (Wildman–Crippen MR) is 53.2 cm³/mol. The van der Waals surface area contributed by atoms with Gasteiger partial charge in [0.15, 0.2) is 5.06 Å². The quantitative estimate of drug-likeness (QED) is 0.686. The Labute approximate surface area is 79.2 Å². The van der Waals surface area contributed by atoms with Gasteiger partial charge in [-0.25, -0.2) is 0 Å². The fraction of sp³-hybridized carbons (Fsp3) is 0.111. The molecule has 1 aromatic carbocycles. The molecule has 1 heterocycles. The normalized spacial score (nSPS) is 10.8. The van der Waals surface area contributed by atoms with E-state index in [9.17, 15) is 5.11 Å². The average molecular weight is 199 g/mol. The van der Waals surface area contributed by atoms with Crippen molar-refractivity contribution >= 4 is 33.0 Å². The van der Waals surface area contributed by atoms with E-state index >= 15 is 0 Å². The van der Waals surface area contributed by atoms with E-state index in [1.54, 1.807) is 6.07 Å². The van der Waals surface area contributed by atoms with E-state index < -0.39 is 0 Å². The maximum absolute atomic E-state index is 9.26. The lowest BCUT2D eigenvalue weighted by atomic mass is 10.2. The molecule has 0 aliphatic heterocycles. The van der Waals surface area contributed by atoms with E-state index in [2.05, 4.69) is 0 Å². The van der Waals surface area contributed by atoms with Gasteiger partial charge in [-0.15, -0.1) is 0 Å². The Bertz CT molecular complexity index is 394. The molecule has 2 aromatic rings. The Hall–Kier alpha value is -0.730. The van der Waals surface area contributed by atoms with Crippen LogP contribution in [-0.2, 0) is 0 Å². The van der Waals surface area contributed by atoms with E-state index in [0.717, 1.165) is 15.6 Å². The minimum absolute atomic E-state index is 0.321. The Morgan fingerprint density at radius 1 is 1.42 bits per heavy atom. The molecule has 0 amide bonds. The zero-order valence-electron chi connectivity index (χ0n) is 6.47. The molecule has 0 bridgehead atoms. The summed E-state index contributed by atoms with van der Waals surface area (Å²) in [4.78, 5) is 0. The number of halogens is 1. The van der Waals surface area contributed by atoms with Crippen LogP contribution in [0.3, 0.4) is 0 Å². The van der Waals surface area contributed by atoms with Crippen LogP contribution in [0.1, 0.15) is 5.56 Å². The molecule has 0 aliphatic carbocycles.